The fraction of sp³-hybridized carbons (Fsp3) is 0.333. The van der Waals surface area contributed by atoms with Crippen molar-refractivity contribution < 1.29 is 4.79 Å². The molecule has 0 saturated carbocycles. The molecule has 1 saturated heterocycles. The molecule has 1 N–H and O–H groups in total. The van der Waals surface area contributed by atoms with Gasteiger partial charge in [0.2, 0.25) is 0 Å². The second-order valence-electron chi connectivity index (χ2n) is 2.13. The number of nitrogens with zero attached hydrogens (tertiary/aromatic N) is 1. The fourth-order valence-electron chi connectivity index (χ4n) is 1.09. The molecule has 2 heterocycles. The van der Waals surface area contributed by atoms with E-state index < -0.39 is 0 Å². The fourth-order valence-corrected chi connectivity index (χ4v) is 1.09. The lowest BCUT2D eigenvalue weighted by molar-refractivity contribution is -0.113. The van der Waals surface area contributed by atoms with Crippen LogP contribution in [0.5, 0.6) is 0 Å². The zero-order valence-corrected chi connectivity index (χ0v) is 4.85. The van der Waals surface area contributed by atoms with Crippen LogP contribution in [0.1, 0.15) is 6.42 Å². The highest BCUT2D eigenvalue weighted by molar-refractivity contribution is 6.17. The number of aliphatic imine (C=N–C) groups is 1. The molecule has 46 valence electrons. The molecule has 2 aliphatic rings. The number of carbonyl (C=O) groups is 1. The van der Waals surface area contributed by atoms with Gasteiger partial charge in [-0.1, -0.05) is 0 Å². The number of rotatable bonds is 0. The third-order valence-electron chi connectivity index (χ3n) is 1.50. The van der Waals surface area contributed by atoms with E-state index in [4.69, 9.17) is 0 Å². The third-order valence-corrected chi connectivity index (χ3v) is 1.50. The summed E-state index contributed by atoms with van der Waals surface area (Å²) in [4.78, 5) is 14.3. The first-order valence-electron chi connectivity index (χ1n) is 2.94. The maximum atomic E-state index is 10.6. The Morgan fingerprint density at radius 1 is 1.67 bits per heavy atom. The molecular formula is C6H6N2O. The monoisotopic (exact) mass is 122 g/mol. The first kappa shape index (κ1) is 4.73. The molecule has 0 aromatic heterocycles. The van der Waals surface area contributed by atoms with Crippen molar-refractivity contribution in [3.63, 3.8) is 0 Å². The molecule has 0 radical (unpaired) electrons. The van der Waals surface area contributed by atoms with Crippen LogP contribution in [0.4, 0.5) is 0 Å². The van der Waals surface area contributed by atoms with Gasteiger partial charge in [0.15, 0.2) is 0 Å². The van der Waals surface area contributed by atoms with E-state index in [-0.39, 0.29) is 5.91 Å². The average molecular weight is 122 g/mol. The SMILES string of the molecule is O=C1C=C2NCCC2=N1. The van der Waals surface area contributed by atoms with Crippen LogP contribution in [0.25, 0.3) is 0 Å². The van der Waals surface area contributed by atoms with Crippen molar-refractivity contribution in [3.05, 3.63) is 11.8 Å². The highest BCUT2D eigenvalue weighted by atomic mass is 16.1. The number of nitrogens with one attached hydrogen (secondary N) is 1. The second kappa shape index (κ2) is 1.43. The van der Waals surface area contributed by atoms with Crippen molar-refractivity contribution in [1.82, 2.24) is 5.32 Å². The van der Waals surface area contributed by atoms with Gasteiger partial charge < -0.3 is 5.32 Å². The first-order chi connectivity index (χ1) is 4.36. The highest BCUT2D eigenvalue weighted by Crippen LogP contribution is 2.12. The van der Waals surface area contributed by atoms with Crippen LogP contribution in [-0.2, 0) is 4.79 Å². The number of hydrogen-bond acceptors (Lipinski definition) is 2. The Kier molecular flexibility index (Phi) is 0.754. The zero-order chi connectivity index (χ0) is 6.27. The predicted molar refractivity (Wildman–Crippen MR) is 33.1 cm³/mol. The van der Waals surface area contributed by atoms with Gasteiger partial charge in [0.25, 0.3) is 5.91 Å². The Bertz CT molecular complexity index is 205. The number of fused-ring (bicyclic) bond motifs is 1. The minimum absolute atomic E-state index is 0.118. The van der Waals surface area contributed by atoms with E-state index in [2.05, 4.69) is 10.3 Å². The minimum atomic E-state index is -0.118. The Balaban J connectivity index is 2.44. The van der Waals surface area contributed by atoms with E-state index in [1.807, 2.05) is 0 Å². The van der Waals surface area contributed by atoms with Gasteiger partial charge in [0.05, 0.1) is 11.4 Å². The summed E-state index contributed by atoms with van der Waals surface area (Å²) in [5.74, 6) is -0.118. The van der Waals surface area contributed by atoms with Crippen LogP contribution in [-0.4, -0.2) is 18.2 Å². The van der Waals surface area contributed by atoms with E-state index >= 15 is 0 Å². The second-order valence-corrected chi connectivity index (χ2v) is 2.13. The number of hydrogen-bond donors (Lipinski definition) is 1. The van der Waals surface area contributed by atoms with Gasteiger partial charge in [-0.05, 0) is 0 Å². The molecule has 2 rings (SSSR count). The largest absolute Gasteiger partial charge is 0.383 e. The van der Waals surface area contributed by atoms with E-state index in [1.165, 1.54) is 0 Å². The van der Waals surface area contributed by atoms with E-state index in [1.54, 1.807) is 6.08 Å². The lowest BCUT2D eigenvalue weighted by Crippen LogP contribution is -2.04. The summed E-state index contributed by atoms with van der Waals surface area (Å²) >= 11 is 0. The van der Waals surface area contributed by atoms with Crippen molar-refractivity contribution in [2.24, 2.45) is 4.99 Å². The van der Waals surface area contributed by atoms with Gasteiger partial charge in [0, 0.05) is 19.0 Å². The standard InChI is InChI=1S/C6H6N2O/c9-6-3-5-4(8-6)1-2-7-5/h3,7H,1-2H2. The number of allylic oxidation sites excluding steroid dienone is 1. The van der Waals surface area contributed by atoms with Crippen LogP contribution in [0.2, 0.25) is 0 Å². The predicted octanol–water partition coefficient (Wildman–Crippen LogP) is -0.155. The molecule has 9 heavy (non-hydrogen) atoms. The molecule has 0 aromatic carbocycles. The van der Waals surface area contributed by atoms with Gasteiger partial charge in [-0.3, -0.25) is 4.79 Å². The third kappa shape index (κ3) is 0.575. The molecule has 0 unspecified atom stereocenters. The molecule has 0 bridgehead atoms. The van der Waals surface area contributed by atoms with Crippen molar-refractivity contribution in [1.29, 1.82) is 0 Å². The summed E-state index contributed by atoms with van der Waals surface area (Å²) in [5, 5.41) is 3.06. The maximum Gasteiger partial charge on any atom is 0.272 e. The lowest BCUT2D eigenvalue weighted by Gasteiger charge is -1.87. The summed E-state index contributed by atoms with van der Waals surface area (Å²) in [6.45, 7) is 0.929. The summed E-state index contributed by atoms with van der Waals surface area (Å²) in [6, 6.07) is 0. The van der Waals surface area contributed by atoms with E-state index in [9.17, 15) is 4.79 Å². The molecular weight excluding hydrogens is 116 g/mol. The molecule has 1 amide bonds. The smallest absolute Gasteiger partial charge is 0.272 e. The molecule has 0 aliphatic carbocycles. The molecule has 3 nitrogen and oxygen atoms in total. The van der Waals surface area contributed by atoms with Gasteiger partial charge in [-0.2, -0.15) is 0 Å². The van der Waals surface area contributed by atoms with Gasteiger partial charge in [-0.15, -0.1) is 0 Å². The van der Waals surface area contributed by atoms with Crippen molar-refractivity contribution in [2.45, 2.75) is 6.42 Å². The Labute approximate surface area is 52.5 Å². The van der Waals surface area contributed by atoms with Crippen LogP contribution in [0.3, 0.4) is 0 Å². The van der Waals surface area contributed by atoms with Crippen LogP contribution >= 0.6 is 0 Å². The quantitative estimate of drug-likeness (QED) is 0.485. The lowest BCUT2D eigenvalue weighted by atomic mass is 10.3. The van der Waals surface area contributed by atoms with Gasteiger partial charge >= 0.3 is 0 Å². The van der Waals surface area contributed by atoms with E-state index in [0.29, 0.717) is 0 Å². The molecule has 3 heteroatoms. The molecule has 2 aliphatic heterocycles. The molecule has 1 fully saturated rings. The average Bonchev–Trinajstić information content (AvgIpc) is 2.22. The molecule has 0 aromatic rings. The van der Waals surface area contributed by atoms with Crippen LogP contribution in [0, 0.1) is 0 Å². The molecule has 0 atom stereocenters. The Morgan fingerprint density at radius 2 is 2.56 bits per heavy atom. The molecule has 0 spiro atoms. The number of carbonyl (C=O) groups excluding carboxylic acids is 1. The normalized spacial score (nSPS) is 22.9. The van der Waals surface area contributed by atoms with Crippen LogP contribution in [0.15, 0.2) is 16.8 Å². The summed E-state index contributed by atoms with van der Waals surface area (Å²) in [5.41, 5.74) is 1.86. The van der Waals surface area contributed by atoms with Gasteiger partial charge in [-0.25, -0.2) is 4.99 Å². The first-order valence-corrected chi connectivity index (χ1v) is 2.94. The summed E-state index contributed by atoms with van der Waals surface area (Å²) in [6.07, 6.45) is 2.44. The van der Waals surface area contributed by atoms with Crippen LogP contribution < -0.4 is 5.32 Å². The summed E-state index contributed by atoms with van der Waals surface area (Å²) in [7, 11) is 0. The maximum absolute atomic E-state index is 10.6. The minimum Gasteiger partial charge on any atom is -0.383 e. The van der Waals surface area contributed by atoms with E-state index in [0.717, 1.165) is 24.4 Å². The number of amides is 1. The van der Waals surface area contributed by atoms with Crippen molar-refractivity contribution in [3.8, 4) is 0 Å². The zero-order valence-electron chi connectivity index (χ0n) is 4.85. The van der Waals surface area contributed by atoms with Crippen molar-refractivity contribution >= 4 is 11.6 Å². The van der Waals surface area contributed by atoms with Crippen molar-refractivity contribution in [2.75, 3.05) is 6.54 Å². The topological polar surface area (TPSA) is 41.5 Å². The highest BCUT2D eigenvalue weighted by Gasteiger charge is 2.20. The Hall–Kier alpha value is -1.12. The summed E-state index contributed by atoms with van der Waals surface area (Å²) < 4.78 is 0. The Morgan fingerprint density at radius 3 is 3.33 bits per heavy atom. The van der Waals surface area contributed by atoms with Gasteiger partial charge in [0.1, 0.15) is 0 Å².